The van der Waals surface area contributed by atoms with Crippen LogP contribution in [0.5, 0.6) is 0 Å². The van der Waals surface area contributed by atoms with Crippen LogP contribution in [-0.2, 0) is 4.79 Å². The molecule has 3 rings (SSSR count). The average molecular weight is 398 g/mol. The summed E-state index contributed by atoms with van der Waals surface area (Å²) in [7, 11) is 0. The van der Waals surface area contributed by atoms with Gasteiger partial charge < -0.3 is 15.1 Å². The van der Waals surface area contributed by atoms with E-state index in [2.05, 4.69) is 5.32 Å². The lowest BCUT2D eigenvalue weighted by atomic mass is 10.2. The maximum absolute atomic E-state index is 12.3. The van der Waals surface area contributed by atoms with Crippen molar-refractivity contribution in [3.63, 3.8) is 0 Å². The molecule has 1 aliphatic rings. The van der Waals surface area contributed by atoms with Crippen LogP contribution in [0.25, 0.3) is 0 Å². The van der Waals surface area contributed by atoms with Crippen LogP contribution in [0.1, 0.15) is 9.67 Å². The average Bonchev–Trinajstić information content (AvgIpc) is 3.16. The third-order valence-electron chi connectivity index (χ3n) is 4.01. The van der Waals surface area contributed by atoms with Gasteiger partial charge >= 0.3 is 0 Å². The van der Waals surface area contributed by atoms with Gasteiger partial charge in [-0.05, 0) is 29.6 Å². The second kappa shape index (κ2) is 8.08. The fourth-order valence-electron chi connectivity index (χ4n) is 2.61. The molecule has 0 aliphatic carbocycles. The van der Waals surface area contributed by atoms with Gasteiger partial charge in [0.15, 0.2) is 0 Å². The predicted molar refractivity (Wildman–Crippen MR) is 102 cm³/mol. The zero-order valence-corrected chi connectivity index (χ0v) is 15.7. The molecule has 0 spiro atoms. The van der Waals surface area contributed by atoms with Crippen LogP contribution in [-0.4, -0.2) is 54.3 Å². The maximum atomic E-state index is 12.3. The molecule has 0 radical (unpaired) electrons. The molecule has 1 aliphatic heterocycles. The third-order valence-corrected chi connectivity index (χ3v) is 5.61. The number of nitrogens with zero attached hydrogens (tertiary/aromatic N) is 2. The Balaban J connectivity index is 1.48. The third kappa shape index (κ3) is 4.45. The van der Waals surface area contributed by atoms with Gasteiger partial charge in [0, 0.05) is 31.9 Å². The molecule has 5 nitrogen and oxygen atoms in total. The maximum Gasteiger partial charge on any atom is 0.264 e. The molecule has 8 heteroatoms. The van der Waals surface area contributed by atoms with Crippen molar-refractivity contribution < 1.29 is 9.59 Å². The van der Waals surface area contributed by atoms with Crippen molar-refractivity contribution in [2.24, 2.45) is 0 Å². The molecule has 132 valence electrons. The van der Waals surface area contributed by atoms with Crippen LogP contribution in [0, 0.1) is 0 Å². The van der Waals surface area contributed by atoms with Crippen molar-refractivity contribution in [3.8, 4) is 0 Å². The Morgan fingerprint density at radius 1 is 1.04 bits per heavy atom. The highest BCUT2D eigenvalue weighted by atomic mass is 35.5. The Hall–Kier alpha value is -1.76. The highest BCUT2D eigenvalue weighted by Gasteiger charge is 2.25. The van der Waals surface area contributed by atoms with Gasteiger partial charge in [0.1, 0.15) is 0 Å². The van der Waals surface area contributed by atoms with Crippen molar-refractivity contribution in [3.05, 3.63) is 50.6 Å². The van der Waals surface area contributed by atoms with E-state index in [1.165, 1.54) is 11.3 Å². The van der Waals surface area contributed by atoms with Crippen LogP contribution < -0.4 is 5.32 Å². The minimum atomic E-state index is -0.00528. The van der Waals surface area contributed by atoms with E-state index in [9.17, 15) is 9.59 Å². The van der Waals surface area contributed by atoms with Gasteiger partial charge in [-0.1, -0.05) is 29.3 Å². The van der Waals surface area contributed by atoms with Crippen molar-refractivity contribution in [1.29, 1.82) is 0 Å². The first kappa shape index (κ1) is 18.0. The molecule has 1 N–H and O–H groups in total. The lowest BCUT2D eigenvalue weighted by Crippen LogP contribution is -2.51. The van der Waals surface area contributed by atoms with E-state index in [0.717, 1.165) is 10.6 Å². The van der Waals surface area contributed by atoms with Gasteiger partial charge in [-0.25, -0.2) is 0 Å². The van der Waals surface area contributed by atoms with E-state index in [4.69, 9.17) is 23.2 Å². The number of piperazine rings is 1. The Morgan fingerprint density at radius 2 is 1.76 bits per heavy atom. The summed E-state index contributed by atoms with van der Waals surface area (Å²) in [6.45, 7) is 2.36. The Morgan fingerprint density at radius 3 is 2.40 bits per heavy atom. The Labute approximate surface area is 160 Å². The van der Waals surface area contributed by atoms with Gasteiger partial charge in [0.25, 0.3) is 5.91 Å². The van der Waals surface area contributed by atoms with Gasteiger partial charge in [0.2, 0.25) is 5.91 Å². The van der Waals surface area contributed by atoms with E-state index in [1.807, 2.05) is 17.5 Å². The van der Waals surface area contributed by atoms with E-state index in [-0.39, 0.29) is 18.4 Å². The molecular formula is C17H17Cl2N3O2S. The normalized spacial score (nSPS) is 14.5. The van der Waals surface area contributed by atoms with Gasteiger partial charge in [-0.15, -0.1) is 11.3 Å². The molecule has 1 aromatic carbocycles. The van der Waals surface area contributed by atoms with Crippen LogP contribution in [0.4, 0.5) is 5.69 Å². The molecule has 1 saturated heterocycles. The largest absolute Gasteiger partial charge is 0.376 e. The lowest BCUT2D eigenvalue weighted by molar-refractivity contribution is -0.130. The SMILES string of the molecule is O=C(CNc1ccc(Cl)c(Cl)c1)N1CCN(C(=O)c2cccs2)CC1. The number of hydrogen-bond donors (Lipinski definition) is 1. The second-order valence-electron chi connectivity index (χ2n) is 5.63. The smallest absolute Gasteiger partial charge is 0.264 e. The number of carbonyl (C=O) groups is 2. The lowest BCUT2D eigenvalue weighted by Gasteiger charge is -2.34. The first-order valence-corrected chi connectivity index (χ1v) is 9.47. The highest BCUT2D eigenvalue weighted by molar-refractivity contribution is 7.12. The van der Waals surface area contributed by atoms with Gasteiger partial charge in [-0.3, -0.25) is 9.59 Å². The molecule has 1 fully saturated rings. The number of anilines is 1. The minimum absolute atomic E-state index is 0.00528. The summed E-state index contributed by atoms with van der Waals surface area (Å²) in [5.74, 6) is 0.0327. The van der Waals surface area contributed by atoms with Crippen LogP contribution in [0.2, 0.25) is 10.0 Å². The standard InChI is InChI=1S/C17H17Cl2N3O2S/c18-13-4-3-12(10-14(13)19)20-11-16(23)21-5-7-22(8-6-21)17(24)15-2-1-9-25-15/h1-4,9-10,20H,5-8,11H2. The minimum Gasteiger partial charge on any atom is -0.376 e. The fourth-order valence-corrected chi connectivity index (χ4v) is 3.60. The quantitative estimate of drug-likeness (QED) is 0.859. The summed E-state index contributed by atoms with van der Waals surface area (Å²) in [6.07, 6.45) is 0. The summed E-state index contributed by atoms with van der Waals surface area (Å²) in [5, 5.41) is 5.86. The molecule has 0 atom stereocenters. The van der Waals surface area contributed by atoms with E-state index in [1.54, 1.807) is 28.0 Å². The van der Waals surface area contributed by atoms with Crippen LogP contribution in [0.3, 0.4) is 0 Å². The summed E-state index contributed by atoms with van der Waals surface area (Å²) >= 11 is 13.3. The van der Waals surface area contributed by atoms with Crippen LogP contribution in [0.15, 0.2) is 35.7 Å². The fraction of sp³-hybridized carbons (Fsp3) is 0.294. The number of benzene rings is 1. The molecule has 2 amide bonds. The summed E-state index contributed by atoms with van der Waals surface area (Å²) < 4.78 is 0. The monoisotopic (exact) mass is 397 g/mol. The summed E-state index contributed by atoms with van der Waals surface area (Å²) in [6, 6.07) is 8.84. The zero-order chi connectivity index (χ0) is 17.8. The molecule has 2 heterocycles. The summed E-state index contributed by atoms with van der Waals surface area (Å²) in [5.41, 5.74) is 0.745. The number of thiophene rings is 1. The number of halogens is 2. The highest BCUT2D eigenvalue weighted by Crippen LogP contribution is 2.24. The number of hydrogen-bond acceptors (Lipinski definition) is 4. The molecule has 0 bridgehead atoms. The van der Waals surface area contributed by atoms with Crippen molar-refractivity contribution in [1.82, 2.24) is 9.80 Å². The molecular weight excluding hydrogens is 381 g/mol. The van der Waals surface area contributed by atoms with Gasteiger partial charge in [-0.2, -0.15) is 0 Å². The number of carbonyl (C=O) groups excluding carboxylic acids is 2. The first-order chi connectivity index (χ1) is 12.0. The molecule has 0 saturated carbocycles. The molecule has 25 heavy (non-hydrogen) atoms. The molecule has 2 aromatic rings. The summed E-state index contributed by atoms with van der Waals surface area (Å²) in [4.78, 5) is 28.9. The van der Waals surface area contributed by atoms with Crippen molar-refractivity contribution >= 4 is 52.0 Å². The Kier molecular flexibility index (Phi) is 5.83. The van der Waals surface area contributed by atoms with Gasteiger partial charge in [0.05, 0.1) is 21.5 Å². The number of amides is 2. The first-order valence-electron chi connectivity index (χ1n) is 7.84. The van der Waals surface area contributed by atoms with Crippen molar-refractivity contribution in [2.45, 2.75) is 0 Å². The topological polar surface area (TPSA) is 52.7 Å². The number of rotatable bonds is 4. The van der Waals surface area contributed by atoms with E-state index >= 15 is 0 Å². The van der Waals surface area contributed by atoms with Crippen molar-refractivity contribution in [2.75, 3.05) is 38.0 Å². The Bertz CT molecular complexity index is 759. The molecule has 1 aromatic heterocycles. The number of nitrogens with one attached hydrogen (secondary N) is 1. The van der Waals surface area contributed by atoms with E-state index < -0.39 is 0 Å². The zero-order valence-electron chi connectivity index (χ0n) is 13.4. The second-order valence-corrected chi connectivity index (χ2v) is 7.39. The van der Waals surface area contributed by atoms with E-state index in [0.29, 0.717) is 36.2 Å². The molecule has 0 unspecified atom stereocenters. The predicted octanol–water partition coefficient (Wildman–Crippen LogP) is 3.45. The van der Waals surface area contributed by atoms with Crippen LogP contribution >= 0.6 is 34.5 Å².